The van der Waals surface area contributed by atoms with Crippen LogP contribution >= 0.6 is 0 Å². The highest BCUT2D eigenvalue weighted by Crippen LogP contribution is 2.23. The standard InChI is InChI=1S/C22H17N3O/c1-2-5-15(6-3-1)13-18-14-26-22(24-18)19-11-10-17-9-8-16-7-4-12-23-20(16)21(17)25-19/h1-12,18H,13-14H2/t18-/m1/s1. The van der Waals surface area contributed by atoms with E-state index in [-0.39, 0.29) is 6.04 Å². The molecule has 0 amide bonds. The summed E-state index contributed by atoms with van der Waals surface area (Å²) >= 11 is 0. The minimum atomic E-state index is 0.135. The molecule has 4 aromatic rings. The normalized spacial score (nSPS) is 16.6. The van der Waals surface area contributed by atoms with Crippen molar-refractivity contribution < 1.29 is 4.74 Å². The van der Waals surface area contributed by atoms with Gasteiger partial charge in [-0.15, -0.1) is 0 Å². The zero-order valence-electron chi connectivity index (χ0n) is 14.2. The van der Waals surface area contributed by atoms with Crippen LogP contribution in [0.2, 0.25) is 0 Å². The first-order valence-corrected chi connectivity index (χ1v) is 8.76. The Labute approximate surface area is 151 Å². The second-order valence-electron chi connectivity index (χ2n) is 6.50. The number of hydrogen-bond donors (Lipinski definition) is 0. The first-order valence-electron chi connectivity index (χ1n) is 8.76. The van der Waals surface area contributed by atoms with Gasteiger partial charge in [0.15, 0.2) is 0 Å². The van der Waals surface area contributed by atoms with Crippen LogP contribution in [0.5, 0.6) is 0 Å². The maximum absolute atomic E-state index is 5.85. The number of pyridine rings is 2. The Hall–Kier alpha value is -3.27. The molecule has 0 saturated heterocycles. The molecule has 0 spiro atoms. The van der Waals surface area contributed by atoms with Crippen LogP contribution in [-0.4, -0.2) is 28.5 Å². The summed E-state index contributed by atoms with van der Waals surface area (Å²) in [5.41, 5.74) is 3.84. The summed E-state index contributed by atoms with van der Waals surface area (Å²) in [5.74, 6) is 0.626. The molecular formula is C22H17N3O. The van der Waals surface area contributed by atoms with Crippen LogP contribution in [0.3, 0.4) is 0 Å². The molecule has 0 bridgehead atoms. The van der Waals surface area contributed by atoms with Crippen molar-refractivity contribution in [2.45, 2.75) is 12.5 Å². The van der Waals surface area contributed by atoms with Crippen LogP contribution < -0.4 is 0 Å². The summed E-state index contributed by atoms with van der Waals surface area (Å²) in [6.45, 7) is 0.595. The van der Waals surface area contributed by atoms with Crippen LogP contribution in [0.25, 0.3) is 21.8 Å². The molecule has 0 radical (unpaired) electrons. The van der Waals surface area contributed by atoms with Crippen molar-refractivity contribution in [3.05, 3.63) is 84.2 Å². The molecule has 1 aliphatic rings. The number of rotatable bonds is 3. The summed E-state index contributed by atoms with van der Waals surface area (Å²) < 4.78 is 5.85. The number of aliphatic imine (C=N–C) groups is 1. The maximum atomic E-state index is 5.85. The van der Waals surface area contributed by atoms with Crippen LogP contribution in [0.15, 0.2) is 77.9 Å². The summed E-state index contributed by atoms with van der Waals surface area (Å²) in [4.78, 5) is 14.1. The molecule has 126 valence electrons. The monoisotopic (exact) mass is 339 g/mol. The molecule has 4 nitrogen and oxygen atoms in total. The van der Waals surface area contributed by atoms with E-state index in [1.807, 2.05) is 18.2 Å². The molecule has 26 heavy (non-hydrogen) atoms. The first-order chi connectivity index (χ1) is 12.9. The third-order valence-corrected chi connectivity index (χ3v) is 4.68. The Kier molecular flexibility index (Phi) is 3.60. The van der Waals surface area contributed by atoms with Gasteiger partial charge in [0, 0.05) is 17.0 Å². The number of aromatic nitrogens is 2. The molecule has 0 fully saturated rings. The molecule has 0 unspecified atom stereocenters. The van der Waals surface area contributed by atoms with Crippen LogP contribution in [0.4, 0.5) is 0 Å². The topological polar surface area (TPSA) is 47.4 Å². The van der Waals surface area contributed by atoms with Gasteiger partial charge in [-0.25, -0.2) is 9.98 Å². The van der Waals surface area contributed by atoms with E-state index in [1.165, 1.54) is 5.56 Å². The van der Waals surface area contributed by atoms with Crippen molar-refractivity contribution in [3.63, 3.8) is 0 Å². The lowest BCUT2D eigenvalue weighted by Crippen LogP contribution is -2.09. The molecule has 1 atom stereocenters. The summed E-state index contributed by atoms with van der Waals surface area (Å²) in [6.07, 6.45) is 2.68. The SMILES string of the molecule is c1ccc(C[C@@H]2COC(c3ccc4ccc5cccnc5c4n3)=N2)cc1. The molecule has 4 heteroatoms. The number of ether oxygens (including phenoxy) is 1. The fraction of sp³-hybridized carbons (Fsp3) is 0.136. The molecule has 0 aliphatic carbocycles. The smallest absolute Gasteiger partial charge is 0.235 e. The zero-order chi connectivity index (χ0) is 17.3. The van der Waals surface area contributed by atoms with E-state index in [0.717, 1.165) is 33.9 Å². The van der Waals surface area contributed by atoms with Crippen molar-refractivity contribution in [1.29, 1.82) is 0 Å². The quantitative estimate of drug-likeness (QED) is 0.526. The Bertz CT molecular complexity index is 1120. The van der Waals surface area contributed by atoms with Gasteiger partial charge in [-0.1, -0.05) is 54.6 Å². The maximum Gasteiger partial charge on any atom is 0.235 e. The van der Waals surface area contributed by atoms with Gasteiger partial charge in [-0.05, 0) is 24.1 Å². The van der Waals surface area contributed by atoms with Crippen molar-refractivity contribution in [2.24, 2.45) is 4.99 Å². The van der Waals surface area contributed by atoms with Crippen molar-refractivity contribution >= 4 is 27.7 Å². The molecule has 2 aromatic carbocycles. The zero-order valence-corrected chi connectivity index (χ0v) is 14.2. The second-order valence-corrected chi connectivity index (χ2v) is 6.50. The molecule has 2 aromatic heterocycles. The Balaban J connectivity index is 1.51. The molecular weight excluding hydrogens is 322 g/mol. The minimum Gasteiger partial charge on any atom is -0.474 e. The Morgan fingerprint density at radius 2 is 1.65 bits per heavy atom. The number of fused-ring (bicyclic) bond motifs is 3. The molecule has 0 saturated carbocycles. The molecule has 1 aliphatic heterocycles. The lowest BCUT2D eigenvalue weighted by molar-refractivity contribution is 0.316. The third kappa shape index (κ3) is 2.69. The van der Waals surface area contributed by atoms with Crippen molar-refractivity contribution in [2.75, 3.05) is 6.61 Å². The predicted molar refractivity (Wildman–Crippen MR) is 103 cm³/mol. The summed E-state index contributed by atoms with van der Waals surface area (Å²) in [6, 6.07) is 22.7. The number of benzene rings is 2. The summed E-state index contributed by atoms with van der Waals surface area (Å²) in [5, 5.41) is 2.15. The lowest BCUT2D eigenvalue weighted by atomic mass is 10.1. The highest BCUT2D eigenvalue weighted by atomic mass is 16.5. The van der Waals surface area contributed by atoms with Gasteiger partial charge in [-0.3, -0.25) is 4.98 Å². The third-order valence-electron chi connectivity index (χ3n) is 4.68. The van der Waals surface area contributed by atoms with Gasteiger partial charge >= 0.3 is 0 Å². The van der Waals surface area contributed by atoms with E-state index < -0.39 is 0 Å². The Morgan fingerprint density at radius 1 is 0.846 bits per heavy atom. The van der Waals surface area contributed by atoms with E-state index in [4.69, 9.17) is 14.7 Å². The van der Waals surface area contributed by atoms with Gasteiger partial charge in [0.25, 0.3) is 0 Å². The molecule has 3 heterocycles. The highest BCUT2D eigenvalue weighted by molar-refractivity contribution is 6.04. The van der Waals surface area contributed by atoms with Crippen molar-refractivity contribution in [3.8, 4) is 0 Å². The minimum absolute atomic E-state index is 0.135. The van der Waals surface area contributed by atoms with Gasteiger partial charge in [0.05, 0.1) is 17.1 Å². The van der Waals surface area contributed by atoms with Gasteiger partial charge < -0.3 is 4.74 Å². The van der Waals surface area contributed by atoms with Crippen molar-refractivity contribution in [1.82, 2.24) is 9.97 Å². The average Bonchev–Trinajstić information content (AvgIpc) is 3.17. The van der Waals surface area contributed by atoms with E-state index >= 15 is 0 Å². The molecule has 0 N–H and O–H groups in total. The predicted octanol–water partition coefficient (Wildman–Crippen LogP) is 4.17. The fourth-order valence-corrected chi connectivity index (χ4v) is 3.39. The Morgan fingerprint density at radius 3 is 2.54 bits per heavy atom. The molecule has 5 rings (SSSR count). The summed E-state index contributed by atoms with van der Waals surface area (Å²) in [7, 11) is 0. The second kappa shape index (κ2) is 6.23. The van der Waals surface area contributed by atoms with Crippen LogP contribution in [0, 0.1) is 0 Å². The van der Waals surface area contributed by atoms with E-state index in [1.54, 1.807) is 6.20 Å². The number of nitrogens with zero attached hydrogens (tertiary/aromatic N) is 3. The lowest BCUT2D eigenvalue weighted by Gasteiger charge is -2.05. The van der Waals surface area contributed by atoms with E-state index in [0.29, 0.717) is 12.5 Å². The highest BCUT2D eigenvalue weighted by Gasteiger charge is 2.21. The van der Waals surface area contributed by atoms with Gasteiger partial charge in [0.1, 0.15) is 12.3 Å². The largest absolute Gasteiger partial charge is 0.474 e. The van der Waals surface area contributed by atoms with Crippen LogP contribution in [-0.2, 0) is 11.2 Å². The fourth-order valence-electron chi connectivity index (χ4n) is 3.39. The van der Waals surface area contributed by atoms with E-state index in [2.05, 4.69) is 53.5 Å². The van der Waals surface area contributed by atoms with Crippen LogP contribution in [0.1, 0.15) is 11.3 Å². The van der Waals surface area contributed by atoms with E-state index in [9.17, 15) is 0 Å². The van der Waals surface area contributed by atoms with Gasteiger partial charge in [-0.2, -0.15) is 0 Å². The number of hydrogen-bond acceptors (Lipinski definition) is 4. The van der Waals surface area contributed by atoms with Gasteiger partial charge in [0.2, 0.25) is 5.90 Å². The average molecular weight is 339 g/mol. The first kappa shape index (κ1) is 15.0.